The fourth-order valence-electron chi connectivity index (χ4n) is 2.29. The molecule has 0 fully saturated rings. The van der Waals surface area contributed by atoms with Gasteiger partial charge in [0.05, 0.1) is 4.90 Å². The summed E-state index contributed by atoms with van der Waals surface area (Å²) < 4.78 is 29.5. The SMILES string of the molecule is CCNCc1cc(S(=O)(=O)NC(C)CN(C)C)cn1CC. The first-order chi connectivity index (χ1) is 9.80. The highest BCUT2D eigenvalue weighted by molar-refractivity contribution is 7.89. The summed E-state index contributed by atoms with van der Waals surface area (Å²) in [6.45, 7) is 8.85. The molecule has 0 aliphatic heterocycles. The second-order valence-corrected chi connectivity index (χ2v) is 7.23. The van der Waals surface area contributed by atoms with Crippen LogP contribution in [0.4, 0.5) is 0 Å². The Balaban J connectivity index is 2.90. The highest BCUT2D eigenvalue weighted by Gasteiger charge is 2.20. The van der Waals surface area contributed by atoms with Crippen molar-refractivity contribution in [3.63, 3.8) is 0 Å². The molecule has 0 aliphatic rings. The molecule has 0 aliphatic carbocycles. The Hall–Kier alpha value is -0.890. The van der Waals surface area contributed by atoms with Gasteiger partial charge in [0, 0.05) is 37.6 Å². The van der Waals surface area contributed by atoms with E-state index in [4.69, 9.17) is 0 Å². The van der Waals surface area contributed by atoms with Gasteiger partial charge >= 0.3 is 0 Å². The maximum atomic E-state index is 12.4. The number of nitrogens with zero attached hydrogens (tertiary/aromatic N) is 2. The third-order valence-electron chi connectivity index (χ3n) is 3.16. The molecule has 0 amide bonds. The summed E-state index contributed by atoms with van der Waals surface area (Å²) >= 11 is 0. The van der Waals surface area contributed by atoms with Crippen LogP contribution < -0.4 is 10.0 Å². The van der Waals surface area contributed by atoms with Gasteiger partial charge in [-0.05, 0) is 40.6 Å². The topological polar surface area (TPSA) is 66.4 Å². The lowest BCUT2D eigenvalue weighted by molar-refractivity contribution is 0.370. The predicted octanol–water partition coefficient (Wildman–Crippen LogP) is 0.846. The fourth-order valence-corrected chi connectivity index (χ4v) is 3.58. The molecule has 1 unspecified atom stereocenters. The maximum absolute atomic E-state index is 12.4. The molecule has 0 saturated heterocycles. The lowest BCUT2D eigenvalue weighted by Crippen LogP contribution is -2.39. The van der Waals surface area contributed by atoms with Crippen LogP contribution in [0.2, 0.25) is 0 Å². The van der Waals surface area contributed by atoms with Gasteiger partial charge < -0.3 is 14.8 Å². The first kappa shape index (κ1) is 18.2. The molecule has 6 nitrogen and oxygen atoms in total. The van der Waals surface area contributed by atoms with Crippen molar-refractivity contribution >= 4 is 10.0 Å². The zero-order chi connectivity index (χ0) is 16.0. The zero-order valence-corrected chi connectivity index (χ0v) is 14.5. The van der Waals surface area contributed by atoms with Crippen LogP contribution in [0.15, 0.2) is 17.2 Å². The van der Waals surface area contributed by atoms with Crippen LogP contribution in [0.25, 0.3) is 0 Å². The Morgan fingerprint density at radius 3 is 2.52 bits per heavy atom. The van der Waals surface area contributed by atoms with E-state index in [9.17, 15) is 8.42 Å². The van der Waals surface area contributed by atoms with E-state index in [-0.39, 0.29) is 6.04 Å². The smallest absolute Gasteiger partial charge is 0.242 e. The summed E-state index contributed by atoms with van der Waals surface area (Å²) in [5.74, 6) is 0. The van der Waals surface area contributed by atoms with Gasteiger partial charge in [0.25, 0.3) is 0 Å². The van der Waals surface area contributed by atoms with Crippen LogP contribution in [0.1, 0.15) is 26.5 Å². The van der Waals surface area contributed by atoms with Crippen LogP contribution in [0, 0.1) is 0 Å². The van der Waals surface area contributed by atoms with E-state index in [1.54, 1.807) is 12.3 Å². The van der Waals surface area contributed by atoms with Crippen molar-refractivity contribution < 1.29 is 8.42 Å². The fraction of sp³-hybridized carbons (Fsp3) is 0.714. The number of likely N-dealkylation sites (N-methyl/N-ethyl adjacent to an activating group) is 1. The number of hydrogen-bond acceptors (Lipinski definition) is 4. The number of sulfonamides is 1. The third kappa shape index (κ3) is 5.43. The molecule has 1 heterocycles. The highest BCUT2D eigenvalue weighted by atomic mass is 32.2. The van der Waals surface area contributed by atoms with Gasteiger partial charge in [0.2, 0.25) is 10.0 Å². The van der Waals surface area contributed by atoms with Crippen LogP contribution in [-0.4, -0.2) is 51.1 Å². The Labute approximate surface area is 128 Å². The van der Waals surface area contributed by atoms with Gasteiger partial charge in [-0.2, -0.15) is 0 Å². The first-order valence-electron chi connectivity index (χ1n) is 7.37. The number of rotatable bonds is 9. The maximum Gasteiger partial charge on any atom is 0.242 e. The van der Waals surface area contributed by atoms with Crippen LogP contribution in [0.3, 0.4) is 0 Å². The summed E-state index contributed by atoms with van der Waals surface area (Å²) in [6, 6.07) is 1.61. The number of nitrogens with one attached hydrogen (secondary N) is 2. The molecule has 2 N–H and O–H groups in total. The second kappa shape index (κ2) is 7.93. The minimum Gasteiger partial charge on any atom is -0.349 e. The molecule has 21 heavy (non-hydrogen) atoms. The quantitative estimate of drug-likeness (QED) is 0.709. The highest BCUT2D eigenvalue weighted by Crippen LogP contribution is 2.15. The molecule has 0 aromatic carbocycles. The second-order valence-electron chi connectivity index (χ2n) is 5.52. The lowest BCUT2D eigenvalue weighted by atomic mass is 10.3. The molecule has 7 heteroatoms. The molecule has 1 aromatic rings. The van der Waals surface area contributed by atoms with Gasteiger partial charge in [-0.15, -0.1) is 0 Å². The van der Waals surface area contributed by atoms with Crippen molar-refractivity contribution in [1.82, 2.24) is 19.5 Å². The van der Waals surface area contributed by atoms with E-state index < -0.39 is 10.0 Å². The summed E-state index contributed by atoms with van der Waals surface area (Å²) in [6.07, 6.45) is 1.71. The zero-order valence-electron chi connectivity index (χ0n) is 13.7. The average Bonchev–Trinajstić information content (AvgIpc) is 2.78. The summed E-state index contributed by atoms with van der Waals surface area (Å²) in [5, 5.41) is 3.23. The molecular formula is C14H28N4O2S. The van der Waals surface area contributed by atoms with Crippen molar-refractivity contribution in [2.24, 2.45) is 0 Å². The normalized spacial score (nSPS) is 13.8. The van der Waals surface area contributed by atoms with E-state index in [0.29, 0.717) is 18.0 Å². The van der Waals surface area contributed by atoms with E-state index in [1.165, 1.54) is 0 Å². The molecule has 0 spiro atoms. The molecule has 0 saturated carbocycles. The first-order valence-corrected chi connectivity index (χ1v) is 8.85. The molecule has 0 bridgehead atoms. The lowest BCUT2D eigenvalue weighted by Gasteiger charge is -2.17. The van der Waals surface area contributed by atoms with Gasteiger partial charge in [-0.3, -0.25) is 0 Å². The third-order valence-corrected chi connectivity index (χ3v) is 4.72. The summed E-state index contributed by atoms with van der Waals surface area (Å²) in [4.78, 5) is 2.30. The van der Waals surface area contributed by atoms with E-state index in [2.05, 4.69) is 10.0 Å². The average molecular weight is 316 g/mol. The molecule has 122 valence electrons. The van der Waals surface area contributed by atoms with E-state index >= 15 is 0 Å². The minimum atomic E-state index is -3.47. The molecular weight excluding hydrogens is 288 g/mol. The predicted molar refractivity (Wildman–Crippen MR) is 85.8 cm³/mol. The van der Waals surface area contributed by atoms with E-state index in [0.717, 1.165) is 18.8 Å². The monoisotopic (exact) mass is 316 g/mol. The number of aryl methyl sites for hydroxylation is 1. The van der Waals surface area contributed by atoms with Crippen molar-refractivity contribution in [2.45, 2.75) is 44.8 Å². The molecule has 1 aromatic heterocycles. The van der Waals surface area contributed by atoms with Crippen molar-refractivity contribution in [3.8, 4) is 0 Å². The van der Waals surface area contributed by atoms with Gasteiger partial charge in [-0.25, -0.2) is 13.1 Å². The molecule has 0 radical (unpaired) electrons. The Morgan fingerprint density at radius 1 is 1.33 bits per heavy atom. The Bertz CT molecular complexity index is 537. The van der Waals surface area contributed by atoms with Crippen LogP contribution in [0.5, 0.6) is 0 Å². The summed E-state index contributed by atoms with van der Waals surface area (Å²) in [7, 11) is 0.380. The van der Waals surface area contributed by atoms with Gasteiger partial charge in [-0.1, -0.05) is 6.92 Å². The van der Waals surface area contributed by atoms with Crippen molar-refractivity contribution in [2.75, 3.05) is 27.2 Å². The number of aromatic nitrogens is 1. The van der Waals surface area contributed by atoms with Crippen molar-refractivity contribution in [1.29, 1.82) is 0 Å². The van der Waals surface area contributed by atoms with Crippen LogP contribution >= 0.6 is 0 Å². The summed E-state index contributed by atoms with van der Waals surface area (Å²) in [5.41, 5.74) is 0.986. The largest absolute Gasteiger partial charge is 0.349 e. The van der Waals surface area contributed by atoms with E-state index in [1.807, 2.05) is 44.3 Å². The Kier molecular flexibility index (Phi) is 6.86. The van der Waals surface area contributed by atoms with Gasteiger partial charge in [0.1, 0.15) is 0 Å². The van der Waals surface area contributed by atoms with Crippen LogP contribution in [-0.2, 0) is 23.1 Å². The molecule has 1 rings (SSSR count). The van der Waals surface area contributed by atoms with Gasteiger partial charge in [0.15, 0.2) is 0 Å². The standard InChI is InChI=1S/C14H28N4O2S/c1-6-15-9-13-8-14(11-18(13)7-2)21(19,20)16-12(3)10-17(4)5/h8,11-12,15-16H,6-7,9-10H2,1-5H3. The minimum absolute atomic E-state index is 0.132. The van der Waals surface area contributed by atoms with Crippen molar-refractivity contribution in [3.05, 3.63) is 18.0 Å². The number of hydrogen-bond donors (Lipinski definition) is 2. The molecule has 1 atom stereocenters. The Morgan fingerprint density at radius 2 is 2.00 bits per heavy atom.